The van der Waals surface area contributed by atoms with Crippen molar-refractivity contribution in [1.29, 1.82) is 0 Å². The van der Waals surface area contributed by atoms with E-state index in [4.69, 9.17) is 9.47 Å². The number of piperidine rings is 2. The third-order valence-electron chi connectivity index (χ3n) is 4.98. The van der Waals surface area contributed by atoms with E-state index in [1.165, 1.54) is 0 Å². The van der Waals surface area contributed by atoms with Crippen LogP contribution >= 0.6 is 0 Å². The van der Waals surface area contributed by atoms with E-state index in [-0.39, 0.29) is 18.0 Å². The Morgan fingerprint density at radius 2 is 1.23 bits per heavy atom. The Bertz CT molecular complexity index is 588. The summed E-state index contributed by atoms with van der Waals surface area (Å²) >= 11 is 0. The molecule has 0 aromatic carbocycles. The highest BCUT2D eigenvalue weighted by Crippen LogP contribution is 2.26. The quantitative estimate of drug-likeness (QED) is 0.683. The Morgan fingerprint density at radius 3 is 1.57 bits per heavy atom. The fraction of sp³-hybridized carbons (Fsp3) is 0.864. The molecule has 8 heteroatoms. The van der Waals surface area contributed by atoms with Crippen LogP contribution in [-0.4, -0.2) is 75.9 Å². The summed E-state index contributed by atoms with van der Waals surface area (Å²) in [5, 5.41) is 10.0. The Labute approximate surface area is 180 Å². The predicted molar refractivity (Wildman–Crippen MR) is 114 cm³/mol. The molecule has 174 valence electrons. The molecule has 2 rings (SSSR count). The van der Waals surface area contributed by atoms with Crippen molar-refractivity contribution in [2.75, 3.05) is 26.2 Å². The first kappa shape index (κ1) is 26.2. The summed E-state index contributed by atoms with van der Waals surface area (Å²) in [5.41, 5.74) is -1.49. The van der Waals surface area contributed by atoms with E-state index in [0.717, 1.165) is 6.42 Å². The number of carbonyl (C=O) groups excluding carboxylic acids is 3. The summed E-state index contributed by atoms with van der Waals surface area (Å²) in [6, 6.07) is 0. The molecule has 0 spiro atoms. The van der Waals surface area contributed by atoms with Gasteiger partial charge in [0.05, 0.1) is 5.60 Å². The number of amides is 2. The summed E-state index contributed by atoms with van der Waals surface area (Å²) in [6.45, 7) is 15.2. The first-order chi connectivity index (χ1) is 13.6. The normalized spacial score (nSPS) is 19.5. The minimum Gasteiger partial charge on any atom is -0.444 e. The zero-order chi connectivity index (χ0) is 23.2. The Morgan fingerprint density at radius 1 is 0.867 bits per heavy atom. The topological polar surface area (TPSA) is 96.4 Å². The molecule has 2 amide bonds. The maximum atomic E-state index is 11.7. The van der Waals surface area contributed by atoms with Crippen LogP contribution in [0.4, 0.5) is 9.59 Å². The number of hydrogen-bond acceptors (Lipinski definition) is 6. The number of nitrogens with zero attached hydrogens (tertiary/aromatic N) is 2. The maximum absolute atomic E-state index is 11.7. The molecule has 0 aromatic rings. The maximum Gasteiger partial charge on any atom is 0.410 e. The molecule has 0 radical (unpaired) electrons. The number of rotatable bonds is 1. The molecule has 2 heterocycles. The highest BCUT2D eigenvalue weighted by atomic mass is 16.6. The third kappa shape index (κ3) is 9.78. The van der Waals surface area contributed by atoms with Crippen molar-refractivity contribution in [1.82, 2.24) is 9.80 Å². The van der Waals surface area contributed by atoms with Crippen molar-refractivity contribution in [3.8, 4) is 0 Å². The number of Topliss-reactive ketones (excluding diaryl/α,β-unsaturated/α-hetero) is 1. The Kier molecular flexibility index (Phi) is 9.14. The molecule has 2 fully saturated rings. The van der Waals surface area contributed by atoms with E-state index in [2.05, 4.69) is 0 Å². The van der Waals surface area contributed by atoms with Crippen molar-refractivity contribution in [3.05, 3.63) is 0 Å². The molecule has 2 saturated heterocycles. The average molecular weight is 429 g/mol. The van der Waals surface area contributed by atoms with Crippen LogP contribution in [0.2, 0.25) is 0 Å². The van der Waals surface area contributed by atoms with Crippen molar-refractivity contribution in [2.24, 2.45) is 0 Å². The Balaban J connectivity index is 0.000000303. The van der Waals surface area contributed by atoms with Crippen LogP contribution in [0.5, 0.6) is 0 Å². The van der Waals surface area contributed by atoms with Crippen LogP contribution < -0.4 is 0 Å². The van der Waals surface area contributed by atoms with Gasteiger partial charge in [-0.15, -0.1) is 0 Å². The number of ketones is 1. The van der Waals surface area contributed by atoms with E-state index < -0.39 is 16.8 Å². The second kappa shape index (κ2) is 10.5. The van der Waals surface area contributed by atoms with E-state index in [9.17, 15) is 19.5 Å². The van der Waals surface area contributed by atoms with Gasteiger partial charge in [-0.3, -0.25) is 4.79 Å². The molecular weight excluding hydrogens is 388 g/mol. The number of hydrogen-bond donors (Lipinski definition) is 1. The van der Waals surface area contributed by atoms with Crippen molar-refractivity contribution >= 4 is 18.0 Å². The molecular formula is C22H40N2O6. The van der Waals surface area contributed by atoms with Crippen molar-refractivity contribution in [3.63, 3.8) is 0 Å². The van der Waals surface area contributed by atoms with Gasteiger partial charge in [-0.25, -0.2) is 9.59 Å². The van der Waals surface area contributed by atoms with E-state index >= 15 is 0 Å². The minimum atomic E-state index is -0.585. The Hall–Kier alpha value is -1.83. The van der Waals surface area contributed by atoms with Crippen LogP contribution in [0.25, 0.3) is 0 Å². The fourth-order valence-corrected chi connectivity index (χ4v) is 3.05. The van der Waals surface area contributed by atoms with Gasteiger partial charge in [0.15, 0.2) is 0 Å². The lowest BCUT2D eigenvalue weighted by atomic mass is 9.89. The molecule has 0 atom stereocenters. The first-order valence-electron chi connectivity index (χ1n) is 10.8. The van der Waals surface area contributed by atoms with Gasteiger partial charge in [0.2, 0.25) is 0 Å². The zero-order valence-corrected chi connectivity index (χ0v) is 19.7. The highest BCUT2D eigenvalue weighted by molar-refractivity contribution is 5.81. The van der Waals surface area contributed by atoms with Gasteiger partial charge in [0.25, 0.3) is 0 Å². The summed E-state index contributed by atoms with van der Waals surface area (Å²) in [5.74, 6) is 0.227. The molecule has 0 unspecified atom stereocenters. The van der Waals surface area contributed by atoms with Crippen molar-refractivity contribution < 1.29 is 29.0 Å². The first-order valence-corrected chi connectivity index (χ1v) is 10.8. The smallest absolute Gasteiger partial charge is 0.410 e. The van der Waals surface area contributed by atoms with Crippen LogP contribution in [0.1, 0.15) is 80.6 Å². The monoisotopic (exact) mass is 428 g/mol. The minimum absolute atomic E-state index is 0.227. The van der Waals surface area contributed by atoms with Crippen LogP contribution in [0.15, 0.2) is 0 Å². The largest absolute Gasteiger partial charge is 0.444 e. The fourth-order valence-electron chi connectivity index (χ4n) is 3.05. The zero-order valence-electron chi connectivity index (χ0n) is 19.7. The van der Waals surface area contributed by atoms with E-state index in [0.29, 0.717) is 51.9 Å². The average Bonchev–Trinajstić information content (AvgIpc) is 2.60. The van der Waals surface area contributed by atoms with Gasteiger partial charge in [-0.1, -0.05) is 6.92 Å². The number of ether oxygens (including phenoxy) is 2. The van der Waals surface area contributed by atoms with E-state index in [1.807, 2.05) is 48.5 Å². The molecule has 0 aliphatic carbocycles. The lowest BCUT2D eigenvalue weighted by Gasteiger charge is -2.38. The third-order valence-corrected chi connectivity index (χ3v) is 4.98. The molecule has 0 aromatic heterocycles. The van der Waals surface area contributed by atoms with Gasteiger partial charge in [0.1, 0.15) is 17.0 Å². The van der Waals surface area contributed by atoms with Crippen LogP contribution in [0, 0.1) is 0 Å². The summed E-state index contributed by atoms with van der Waals surface area (Å²) in [4.78, 5) is 37.5. The molecule has 0 bridgehead atoms. The lowest BCUT2D eigenvalue weighted by molar-refractivity contribution is -0.121. The molecule has 1 N–H and O–H groups in total. The van der Waals surface area contributed by atoms with Gasteiger partial charge in [-0.05, 0) is 60.8 Å². The summed E-state index contributed by atoms with van der Waals surface area (Å²) in [7, 11) is 0. The SMILES string of the molecule is CC(C)(C)OC(=O)N1CCC(=O)CC1.CCC1(O)CCN(C(=O)OC(C)(C)C)CC1. The van der Waals surface area contributed by atoms with Gasteiger partial charge in [0, 0.05) is 39.0 Å². The predicted octanol–water partition coefficient (Wildman–Crippen LogP) is 3.74. The molecule has 2 aliphatic heterocycles. The van der Waals surface area contributed by atoms with Gasteiger partial charge >= 0.3 is 12.2 Å². The lowest BCUT2D eigenvalue weighted by Crippen LogP contribution is -2.47. The number of aliphatic hydroxyl groups is 1. The molecule has 8 nitrogen and oxygen atoms in total. The highest BCUT2D eigenvalue weighted by Gasteiger charge is 2.33. The second-order valence-corrected chi connectivity index (χ2v) is 10.1. The molecule has 0 saturated carbocycles. The van der Waals surface area contributed by atoms with Gasteiger partial charge < -0.3 is 24.4 Å². The van der Waals surface area contributed by atoms with Crippen LogP contribution in [-0.2, 0) is 14.3 Å². The molecule has 30 heavy (non-hydrogen) atoms. The van der Waals surface area contributed by atoms with Crippen molar-refractivity contribution in [2.45, 2.75) is 97.4 Å². The van der Waals surface area contributed by atoms with Crippen LogP contribution in [0.3, 0.4) is 0 Å². The van der Waals surface area contributed by atoms with E-state index in [1.54, 1.807) is 9.80 Å². The molecule has 2 aliphatic rings. The van der Waals surface area contributed by atoms with Gasteiger partial charge in [-0.2, -0.15) is 0 Å². The summed E-state index contributed by atoms with van der Waals surface area (Å²) in [6.07, 6.45) is 2.36. The standard InChI is InChI=1S/C12H23NO3.C10H17NO3/c1-5-12(15)6-8-13(9-7-12)10(14)16-11(2,3)4;1-10(2,3)14-9(13)11-6-4-8(12)5-7-11/h15H,5-9H2,1-4H3;4-7H2,1-3H3. The second-order valence-electron chi connectivity index (χ2n) is 10.1. The number of likely N-dealkylation sites (tertiary alicyclic amines) is 2. The summed E-state index contributed by atoms with van der Waals surface area (Å²) < 4.78 is 10.5. The number of carbonyl (C=O) groups is 3.